The van der Waals surface area contributed by atoms with Gasteiger partial charge in [0.05, 0.1) is 0 Å². The molecule has 0 aromatic carbocycles. The van der Waals surface area contributed by atoms with Gasteiger partial charge >= 0.3 is 0 Å². The topological polar surface area (TPSA) is 9.86 Å². The molecule has 0 N–H and O–H groups in total. The van der Waals surface area contributed by atoms with Crippen molar-refractivity contribution in [3.8, 4) is 0 Å². The fourth-order valence-electron chi connectivity index (χ4n) is 2.31. The average Bonchev–Trinajstić information content (AvgIpc) is 3.03. The Morgan fingerprint density at radius 1 is 0.833 bits per heavy atom. The van der Waals surface area contributed by atoms with E-state index < -0.39 is 0 Å². The van der Waals surface area contributed by atoms with Crippen LogP contribution in [0.3, 0.4) is 0 Å². The van der Waals surface area contributed by atoms with E-state index in [0.717, 1.165) is 0 Å². The zero-order chi connectivity index (χ0) is 12.6. The fourth-order valence-corrected chi connectivity index (χ4v) is 2.31. The van der Waals surface area contributed by atoms with Crippen LogP contribution in [0.5, 0.6) is 0 Å². The van der Waals surface area contributed by atoms with Crippen LogP contribution in [0.4, 0.5) is 0 Å². The van der Waals surface area contributed by atoms with Gasteiger partial charge in [-0.05, 0) is 36.6 Å². The van der Waals surface area contributed by atoms with Crippen molar-refractivity contribution in [3.63, 3.8) is 0 Å². The maximum Gasteiger partial charge on any atom is 0.0300 e. The first-order chi connectivity index (χ1) is 8.90. The minimum absolute atomic E-state index is 1.21. The van der Waals surface area contributed by atoms with Crippen molar-refractivity contribution in [2.45, 2.75) is 51.9 Å². The summed E-state index contributed by atoms with van der Waals surface area (Å²) < 4.78 is 4.22. The molecule has 0 bridgehead atoms. The van der Waals surface area contributed by atoms with Gasteiger partial charge in [-0.2, -0.15) is 0 Å². The molecule has 0 spiro atoms. The molecule has 0 aliphatic carbocycles. The van der Waals surface area contributed by atoms with Gasteiger partial charge in [0.1, 0.15) is 0 Å². The molecule has 0 fully saturated rings. The molecule has 0 saturated heterocycles. The van der Waals surface area contributed by atoms with Crippen molar-refractivity contribution in [2.24, 2.45) is 0 Å². The average molecular weight is 244 g/mol. The number of aryl methyl sites for hydroxylation is 1. The second-order valence-electron chi connectivity index (χ2n) is 4.98. The molecule has 0 saturated carbocycles. The zero-order valence-corrected chi connectivity index (χ0v) is 11.4. The van der Waals surface area contributed by atoms with Crippen LogP contribution < -0.4 is 0 Å². The monoisotopic (exact) mass is 244 g/mol. The van der Waals surface area contributed by atoms with Crippen LogP contribution in [0.2, 0.25) is 0 Å². The molecule has 2 nitrogen and oxygen atoms in total. The van der Waals surface area contributed by atoms with Crippen molar-refractivity contribution in [1.82, 2.24) is 9.35 Å². The first kappa shape index (κ1) is 13.0. The van der Waals surface area contributed by atoms with E-state index in [0.29, 0.717) is 0 Å². The number of rotatable bonds is 8. The quantitative estimate of drug-likeness (QED) is 0.605. The van der Waals surface area contributed by atoms with Gasteiger partial charge in [-0.1, -0.05) is 39.0 Å². The SMILES string of the molecule is CCCCCCCCc1ccn(-n2cccc2)c1. The van der Waals surface area contributed by atoms with Crippen LogP contribution in [0.25, 0.3) is 0 Å². The Balaban J connectivity index is 1.71. The fraction of sp³-hybridized carbons (Fsp3) is 0.500. The van der Waals surface area contributed by atoms with E-state index in [4.69, 9.17) is 0 Å². The summed E-state index contributed by atoms with van der Waals surface area (Å²) in [5.41, 5.74) is 1.44. The van der Waals surface area contributed by atoms with Gasteiger partial charge in [-0.3, -0.25) is 9.35 Å². The first-order valence-corrected chi connectivity index (χ1v) is 7.20. The highest BCUT2D eigenvalue weighted by atomic mass is 15.4. The van der Waals surface area contributed by atoms with Gasteiger partial charge in [0.25, 0.3) is 0 Å². The largest absolute Gasteiger partial charge is 0.265 e. The number of hydrogen-bond acceptors (Lipinski definition) is 0. The molecule has 18 heavy (non-hydrogen) atoms. The lowest BCUT2D eigenvalue weighted by Gasteiger charge is -2.03. The van der Waals surface area contributed by atoms with Crippen molar-refractivity contribution in [2.75, 3.05) is 0 Å². The van der Waals surface area contributed by atoms with Gasteiger partial charge in [-0.25, -0.2) is 0 Å². The van der Waals surface area contributed by atoms with Crippen molar-refractivity contribution < 1.29 is 0 Å². The van der Waals surface area contributed by atoms with Gasteiger partial charge in [0.2, 0.25) is 0 Å². The Bertz CT molecular complexity index is 426. The van der Waals surface area contributed by atoms with Crippen LogP contribution in [-0.4, -0.2) is 9.35 Å². The number of hydrogen-bond donors (Lipinski definition) is 0. The lowest BCUT2D eigenvalue weighted by molar-refractivity contribution is 0.606. The maximum atomic E-state index is 2.27. The lowest BCUT2D eigenvalue weighted by Crippen LogP contribution is -2.02. The highest BCUT2D eigenvalue weighted by Gasteiger charge is 1.98. The summed E-state index contributed by atoms with van der Waals surface area (Å²) >= 11 is 0. The Morgan fingerprint density at radius 3 is 2.33 bits per heavy atom. The highest BCUT2D eigenvalue weighted by molar-refractivity contribution is 5.11. The van der Waals surface area contributed by atoms with Crippen LogP contribution in [0, 0.1) is 0 Å². The van der Waals surface area contributed by atoms with E-state index in [1.54, 1.807) is 0 Å². The van der Waals surface area contributed by atoms with Crippen LogP contribution >= 0.6 is 0 Å². The number of unbranched alkanes of at least 4 members (excludes halogenated alkanes) is 5. The Labute approximate surface area is 110 Å². The van der Waals surface area contributed by atoms with Gasteiger partial charge in [0.15, 0.2) is 0 Å². The summed E-state index contributed by atoms with van der Waals surface area (Å²) in [5, 5.41) is 0. The molecule has 0 unspecified atom stereocenters. The van der Waals surface area contributed by atoms with Crippen molar-refractivity contribution in [3.05, 3.63) is 48.5 Å². The van der Waals surface area contributed by atoms with E-state index in [9.17, 15) is 0 Å². The van der Waals surface area contributed by atoms with Crippen molar-refractivity contribution >= 4 is 0 Å². The molecular formula is C16H24N2. The van der Waals surface area contributed by atoms with Gasteiger partial charge in [0, 0.05) is 24.8 Å². The lowest BCUT2D eigenvalue weighted by atomic mass is 10.1. The molecule has 2 aromatic rings. The van der Waals surface area contributed by atoms with Gasteiger partial charge in [-0.15, -0.1) is 0 Å². The summed E-state index contributed by atoms with van der Waals surface area (Å²) in [6, 6.07) is 6.33. The Morgan fingerprint density at radius 2 is 1.56 bits per heavy atom. The third kappa shape index (κ3) is 3.80. The molecule has 2 rings (SSSR count). The van der Waals surface area contributed by atoms with Crippen molar-refractivity contribution in [1.29, 1.82) is 0 Å². The smallest absolute Gasteiger partial charge is 0.0300 e. The third-order valence-corrected chi connectivity index (χ3v) is 3.41. The molecule has 0 atom stereocenters. The predicted octanol–water partition coefficient (Wildman–Crippen LogP) is 4.50. The van der Waals surface area contributed by atoms with E-state index in [2.05, 4.69) is 47.1 Å². The number of nitrogens with zero attached hydrogens (tertiary/aromatic N) is 2. The highest BCUT2D eigenvalue weighted by Crippen LogP contribution is 2.10. The van der Waals surface area contributed by atoms with E-state index in [1.165, 1.54) is 50.5 Å². The summed E-state index contributed by atoms with van der Waals surface area (Å²) in [5.74, 6) is 0. The summed E-state index contributed by atoms with van der Waals surface area (Å²) in [6.07, 6.45) is 17.9. The maximum absolute atomic E-state index is 2.27. The van der Waals surface area contributed by atoms with E-state index in [1.807, 2.05) is 12.1 Å². The van der Waals surface area contributed by atoms with Gasteiger partial charge < -0.3 is 0 Å². The standard InChI is InChI=1S/C16H24N2/c1-2-3-4-5-6-7-10-16-11-14-18(15-16)17-12-8-9-13-17/h8-9,11-15H,2-7,10H2,1H3. The molecule has 2 heteroatoms. The zero-order valence-electron chi connectivity index (χ0n) is 11.4. The molecule has 0 radical (unpaired) electrons. The Kier molecular flexibility index (Phi) is 5.13. The Hall–Kier alpha value is -1.44. The van der Waals surface area contributed by atoms with Crippen LogP contribution in [0.15, 0.2) is 43.0 Å². The molecule has 0 aliphatic heterocycles. The second-order valence-corrected chi connectivity index (χ2v) is 4.98. The molecule has 2 heterocycles. The minimum Gasteiger partial charge on any atom is -0.265 e. The molecule has 0 amide bonds. The summed E-state index contributed by atoms with van der Waals surface area (Å²) in [4.78, 5) is 0. The molecule has 98 valence electrons. The molecule has 2 aromatic heterocycles. The summed E-state index contributed by atoms with van der Waals surface area (Å²) in [7, 11) is 0. The molecule has 0 aliphatic rings. The minimum atomic E-state index is 1.21. The van der Waals surface area contributed by atoms with Crippen LogP contribution in [0.1, 0.15) is 51.0 Å². The predicted molar refractivity (Wildman–Crippen MR) is 76.7 cm³/mol. The van der Waals surface area contributed by atoms with E-state index in [-0.39, 0.29) is 0 Å². The molecular weight excluding hydrogens is 220 g/mol. The second kappa shape index (κ2) is 7.10. The van der Waals surface area contributed by atoms with Crippen LogP contribution in [-0.2, 0) is 6.42 Å². The third-order valence-electron chi connectivity index (χ3n) is 3.41. The normalized spacial score (nSPS) is 10.9. The number of aromatic nitrogens is 2. The summed E-state index contributed by atoms with van der Waals surface area (Å²) in [6.45, 7) is 2.27. The van der Waals surface area contributed by atoms with E-state index >= 15 is 0 Å². The first-order valence-electron chi connectivity index (χ1n) is 7.20.